The van der Waals surface area contributed by atoms with Crippen molar-refractivity contribution in [3.63, 3.8) is 0 Å². The van der Waals surface area contributed by atoms with Crippen LogP contribution in [0, 0.1) is 0 Å². The van der Waals surface area contributed by atoms with Crippen LogP contribution >= 0.6 is 0 Å². The second-order valence-corrected chi connectivity index (χ2v) is 6.48. The number of benzene rings is 2. The van der Waals surface area contributed by atoms with Crippen LogP contribution in [0.2, 0.25) is 0 Å². The van der Waals surface area contributed by atoms with Crippen molar-refractivity contribution in [2.75, 3.05) is 19.7 Å². The van der Waals surface area contributed by atoms with Gasteiger partial charge in [0, 0.05) is 25.4 Å². The van der Waals surface area contributed by atoms with E-state index in [4.69, 9.17) is 4.74 Å². The summed E-state index contributed by atoms with van der Waals surface area (Å²) in [6.45, 7) is 1.77. The van der Waals surface area contributed by atoms with Crippen LogP contribution in [0.4, 0.5) is 0 Å². The maximum Gasteiger partial charge on any atom is 0.335 e. The zero-order valence-electron chi connectivity index (χ0n) is 14.6. The first-order chi connectivity index (χ1) is 12.6. The summed E-state index contributed by atoms with van der Waals surface area (Å²) in [6, 6.07) is 16.6. The van der Waals surface area contributed by atoms with E-state index in [1.54, 1.807) is 12.1 Å². The number of ether oxygens (including phenoxy) is 1. The average Bonchev–Trinajstić information content (AvgIpc) is 3.16. The molecular formula is C21H23NO4. The SMILES string of the molecule is O=C(O)c1ccccc1[C@H]1CCN(C(=O)CCCOc2ccccc2)C1. The number of aromatic carboxylic acids is 1. The van der Waals surface area contributed by atoms with Crippen molar-refractivity contribution >= 4 is 11.9 Å². The number of carbonyl (C=O) groups excluding carboxylic acids is 1. The molecule has 0 aliphatic carbocycles. The summed E-state index contributed by atoms with van der Waals surface area (Å²) in [5.74, 6) is 0.0960. The van der Waals surface area contributed by atoms with Gasteiger partial charge in [0.25, 0.3) is 0 Å². The molecule has 1 fully saturated rings. The molecule has 1 heterocycles. The lowest BCUT2D eigenvalue weighted by Crippen LogP contribution is -2.28. The fourth-order valence-corrected chi connectivity index (χ4v) is 3.38. The van der Waals surface area contributed by atoms with Gasteiger partial charge in [-0.1, -0.05) is 36.4 Å². The molecule has 136 valence electrons. The molecule has 2 aromatic carbocycles. The molecule has 0 radical (unpaired) electrons. The second kappa shape index (κ2) is 8.52. The Morgan fingerprint density at radius 3 is 2.58 bits per heavy atom. The number of rotatable bonds is 7. The predicted octanol–water partition coefficient (Wildman–Crippen LogP) is 3.56. The number of carboxylic acid groups (broad SMARTS) is 1. The third-order valence-electron chi connectivity index (χ3n) is 4.72. The Balaban J connectivity index is 1.48. The Hall–Kier alpha value is -2.82. The molecule has 1 amide bonds. The molecule has 0 aromatic heterocycles. The molecule has 26 heavy (non-hydrogen) atoms. The number of hydrogen-bond donors (Lipinski definition) is 1. The number of nitrogens with zero attached hydrogens (tertiary/aromatic N) is 1. The summed E-state index contributed by atoms with van der Waals surface area (Å²) in [4.78, 5) is 25.6. The van der Waals surface area contributed by atoms with Gasteiger partial charge in [-0.2, -0.15) is 0 Å². The molecule has 2 aromatic rings. The van der Waals surface area contributed by atoms with Gasteiger partial charge in [0.2, 0.25) is 5.91 Å². The molecule has 1 saturated heterocycles. The number of para-hydroxylation sites is 1. The predicted molar refractivity (Wildman–Crippen MR) is 98.5 cm³/mol. The fraction of sp³-hybridized carbons (Fsp3) is 0.333. The fourth-order valence-electron chi connectivity index (χ4n) is 3.38. The number of carbonyl (C=O) groups is 2. The van der Waals surface area contributed by atoms with Crippen LogP contribution in [0.3, 0.4) is 0 Å². The quantitative estimate of drug-likeness (QED) is 0.773. The Labute approximate surface area is 153 Å². The van der Waals surface area contributed by atoms with Gasteiger partial charge >= 0.3 is 5.97 Å². The van der Waals surface area contributed by atoms with Crippen molar-refractivity contribution in [3.05, 3.63) is 65.7 Å². The standard InChI is InChI=1S/C21H23NO4/c23-20(11-6-14-26-17-7-2-1-3-8-17)22-13-12-16(15-22)18-9-4-5-10-19(18)21(24)25/h1-5,7-10,16H,6,11-15H2,(H,24,25)/t16-/m0/s1. The van der Waals surface area contributed by atoms with E-state index in [2.05, 4.69) is 0 Å². The van der Waals surface area contributed by atoms with E-state index in [1.165, 1.54) is 0 Å². The first kappa shape index (κ1) is 18.0. The zero-order chi connectivity index (χ0) is 18.4. The molecule has 1 aliphatic rings. The van der Waals surface area contributed by atoms with Crippen LogP contribution < -0.4 is 4.74 Å². The normalized spacial score (nSPS) is 16.5. The molecular weight excluding hydrogens is 330 g/mol. The van der Waals surface area contributed by atoms with Crippen LogP contribution in [0.1, 0.15) is 41.1 Å². The zero-order valence-corrected chi connectivity index (χ0v) is 14.6. The minimum atomic E-state index is -0.913. The van der Waals surface area contributed by atoms with Gasteiger partial charge in [0.05, 0.1) is 12.2 Å². The van der Waals surface area contributed by atoms with Crippen LogP contribution in [0.15, 0.2) is 54.6 Å². The lowest BCUT2D eigenvalue weighted by Gasteiger charge is -2.17. The first-order valence-electron chi connectivity index (χ1n) is 8.93. The molecule has 0 unspecified atom stereocenters. The van der Waals surface area contributed by atoms with E-state index in [0.29, 0.717) is 38.1 Å². The molecule has 1 N–H and O–H groups in total. The summed E-state index contributed by atoms with van der Waals surface area (Å²) in [7, 11) is 0. The Morgan fingerprint density at radius 1 is 1.08 bits per heavy atom. The van der Waals surface area contributed by atoms with Crippen molar-refractivity contribution < 1.29 is 19.4 Å². The lowest BCUT2D eigenvalue weighted by atomic mass is 9.93. The lowest BCUT2D eigenvalue weighted by molar-refractivity contribution is -0.130. The first-order valence-corrected chi connectivity index (χ1v) is 8.93. The minimum Gasteiger partial charge on any atom is -0.494 e. The minimum absolute atomic E-state index is 0.0896. The Morgan fingerprint density at radius 2 is 1.81 bits per heavy atom. The van der Waals surface area contributed by atoms with Crippen LogP contribution in [-0.4, -0.2) is 41.6 Å². The number of hydrogen-bond acceptors (Lipinski definition) is 3. The van der Waals surface area contributed by atoms with Crippen LogP contribution in [-0.2, 0) is 4.79 Å². The monoisotopic (exact) mass is 353 g/mol. The molecule has 1 aliphatic heterocycles. The maximum absolute atomic E-state index is 12.4. The van der Waals surface area contributed by atoms with E-state index >= 15 is 0 Å². The van der Waals surface area contributed by atoms with Gasteiger partial charge in [-0.3, -0.25) is 4.79 Å². The molecule has 0 saturated carbocycles. The Kier molecular flexibility index (Phi) is 5.89. The van der Waals surface area contributed by atoms with E-state index in [9.17, 15) is 14.7 Å². The topological polar surface area (TPSA) is 66.8 Å². The smallest absolute Gasteiger partial charge is 0.335 e. The second-order valence-electron chi connectivity index (χ2n) is 6.48. The van der Waals surface area contributed by atoms with Gasteiger partial charge in [0.1, 0.15) is 5.75 Å². The van der Waals surface area contributed by atoms with E-state index in [0.717, 1.165) is 17.7 Å². The molecule has 5 heteroatoms. The van der Waals surface area contributed by atoms with Crippen molar-refractivity contribution in [3.8, 4) is 5.75 Å². The molecule has 0 spiro atoms. The number of amides is 1. The van der Waals surface area contributed by atoms with Crippen molar-refractivity contribution in [2.45, 2.75) is 25.2 Å². The maximum atomic E-state index is 12.4. The van der Waals surface area contributed by atoms with Crippen molar-refractivity contribution in [1.82, 2.24) is 4.90 Å². The van der Waals surface area contributed by atoms with E-state index in [-0.39, 0.29) is 11.8 Å². The third kappa shape index (κ3) is 4.42. The summed E-state index contributed by atoms with van der Waals surface area (Å²) >= 11 is 0. The van der Waals surface area contributed by atoms with Gasteiger partial charge in [-0.25, -0.2) is 4.79 Å². The largest absolute Gasteiger partial charge is 0.494 e. The highest BCUT2D eigenvalue weighted by Gasteiger charge is 2.29. The molecule has 5 nitrogen and oxygen atoms in total. The summed E-state index contributed by atoms with van der Waals surface area (Å²) in [5, 5.41) is 9.34. The van der Waals surface area contributed by atoms with E-state index in [1.807, 2.05) is 47.4 Å². The molecule has 1 atom stereocenters. The summed E-state index contributed by atoms with van der Waals surface area (Å²) in [5.41, 5.74) is 1.16. The highest BCUT2D eigenvalue weighted by Crippen LogP contribution is 2.30. The van der Waals surface area contributed by atoms with Crippen LogP contribution in [0.5, 0.6) is 5.75 Å². The highest BCUT2D eigenvalue weighted by molar-refractivity contribution is 5.89. The van der Waals surface area contributed by atoms with Gasteiger partial charge in [-0.05, 0) is 36.6 Å². The van der Waals surface area contributed by atoms with Crippen molar-refractivity contribution in [2.24, 2.45) is 0 Å². The number of likely N-dealkylation sites (tertiary alicyclic amines) is 1. The highest BCUT2D eigenvalue weighted by atomic mass is 16.5. The van der Waals surface area contributed by atoms with Gasteiger partial charge in [-0.15, -0.1) is 0 Å². The molecule has 3 rings (SSSR count). The Bertz CT molecular complexity index is 760. The van der Waals surface area contributed by atoms with Crippen molar-refractivity contribution in [1.29, 1.82) is 0 Å². The van der Waals surface area contributed by atoms with Gasteiger partial charge < -0.3 is 14.7 Å². The summed E-state index contributed by atoms with van der Waals surface area (Å²) < 4.78 is 5.62. The van der Waals surface area contributed by atoms with Crippen LogP contribution in [0.25, 0.3) is 0 Å². The number of carboxylic acids is 1. The average molecular weight is 353 g/mol. The third-order valence-corrected chi connectivity index (χ3v) is 4.72. The van der Waals surface area contributed by atoms with E-state index < -0.39 is 5.97 Å². The van der Waals surface area contributed by atoms with Gasteiger partial charge in [0.15, 0.2) is 0 Å². The summed E-state index contributed by atoms with van der Waals surface area (Å²) in [6.07, 6.45) is 1.91. The molecule has 0 bridgehead atoms.